The van der Waals surface area contributed by atoms with Crippen LogP contribution in [0.25, 0.3) is 0 Å². The molecule has 3 N–H and O–H groups in total. The van der Waals surface area contributed by atoms with Gasteiger partial charge in [-0.05, 0) is 55.2 Å². The van der Waals surface area contributed by atoms with Gasteiger partial charge in [-0.1, -0.05) is 35.9 Å². The zero-order chi connectivity index (χ0) is 19.9. The zero-order valence-electron chi connectivity index (χ0n) is 16.7. The van der Waals surface area contributed by atoms with Crippen LogP contribution in [-0.4, -0.2) is 38.0 Å². The summed E-state index contributed by atoms with van der Waals surface area (Å²) in [6.45, 7) is 3.53. The van der Waals surface area contributed by atoms with Crippen molar-refractivity contribution >= 4 is 47.4 Å². The molecule has 2 atom stereocenters. The predicted molar refractivity (Wildman–Crippen MR) is 131 cm³/mol. The van der Waals surface area contributed by atoms with Crippen molar-refractivity contribution in [2.24, 2.45) is 4.99 Å². The number of guanidine groups is 1. The third-order valence-electron chi connectivity index (χ3n) is 4.82. The Morgan fingerprint density at radius 2 is 2.00 bits per heavy atom. The lowest BCUT2D eigenvalue weighted by molar-refractivity contribution is 0.0963. The molecule has 0 aliphatic heterocycles. The van der Waals surface area contributed by atoms with Crippen LogP contribution in [0.4, 0.5) is 0 Å². The van der Waals surface area contributed by atoms with Crippen molar-refractivity contribution in [3.8, 4) is 0 Å². The molecule has 0 saturated heterocycles. The van der Waals surface area contributed by atoms with E-state index in [1.165, 1.54) is 5.56 Å². The van der Waals surface area contributed by atoms with Gasteiger partial charge < -0.3 is 16.0 Å². The monoisotopic (exact) mass is 526 g/mol. The van der Waals surface area contributed by atoms with Gasteiger partial charge >= 0.3 is 0 Å². The van der Waals surface area contributed by atoms with Gasteiger partial charge in [-0.3, -0.25) is 9.79 Å². The van der Waals surface area contributed by atoms with Crippen LogP contribution in [0.15, 0.2) is 53.5 Å². The second-order valence-corrected chi connectivity index (χ2v) is 7.37. The van der Waals surface area contributed by atoms with Gasteiger partial charge in [0.05, 0.1) is 0 Å². The molecule has 1 amide bonds. The average Bonchev–Trinajstić information content (AvgIpc) is 3.47. The van der Waals surface area contributed by atoms with Crippen molar-refractivity contribution in [3.63, 3.8) is 0 Å². The normalized spacial score (nSPS) is 17.8. The number of halogens is 2. The van der Waals surface area contributed by atoms with Crippen molar-refractivity contribution in [1.82, 2.24) is 16.0 Å². The molecule has 156 valence electrons. The third-order valence-corrected chi connectivity index (χ3v) is 5.06. The SMILES string of the molecule is CCNC(=NCCc1cccc(C(=O)NC)c1)NC1CC1c1cccc(Cl)c1.I. The van der Waals surface area contributed by atoms with Gasteiger partial charge in [0.15, 0.2) is 5.96 Å². The molecule has 1 saturated carbocycles. The smallest absolute Gasteiger partial charge is 0.251 e. The van der Waals surface area contributed by atoms with Gasteiger partial charge in [-0.15, -0.1) is 24.0 Å². The highest BCUT2D eigenvalue weighted by Gasteiger charge is 2.39. The molecule has 2 aromatic rings. The maximum atomic E-state index is 11.8. The molecule has 5 nitrogen and oxygen atoms in total. The van der Waals surface area contributed by atoms with Crippen LogP contribution in [-0.2, 0) is 6.42 Å². The van der Waals surface area contributed by atoms with Crippen molar-refractivity contribution in [2.75, 3.05) is 20.1 Å². The maximum absolute atomic E-state index is 11.8. The van der Waals surface area contributed by atoms with E-state index in [0.717, 1.165) is 35.9 Å². The minimum absolute atomic E-state index is 0. The lowest BCUT2D eigenvalue weighted by atomic mass is 10.1. The molecule has 0 aromatic heterocycles. The van der Waals surface area contributed by atoms with Crippen LogP contribution in [0, 0.1) is 0 Å². The Morgan fingerprint density at radius 3 is 2.72 bits per heavy atom. The van der Waals surface area contributed by atoms with E-state index in [1.54, 1.807) is 7.05 Å². The fourth-order valence-electron chi connectivity index (χ4n) is 3.26. The standard InChI is InChI=1S/C22H27ClN4O.HI/c1-3-25-22(27-20-14-19(20)16-7-5-9-18(23)13-16)26-11-10-15-6-4-8-17(12-15)21(28)24-2;/h4-9,12-13,19-20H,3,10-11,14H2,1-2H3,(H,24,28)(H2,25,26,27);1H. The molecule has 3 rings (SSSR count). The Morgan fingerprint density at radius 1 is 1.21 bits per heavy atom. The molecular formula is C22H28ClIN4O. The molecule has 0 spiro atoms. The lowest BCUT2D eigenvalue weighted by Gasteiger charge is -2.11. The van der Waals surface area contributed by atoms with E-state index in [9.17, 15) is 4.79 Å². The first-order chi connectivity index (χ1) is 13.6. The first-order valence-corrected chi connectivity index (χ1v) is 10.1. The molecule has 1 aliphatic carbocycles. The predicted octanol–water partition coefficient (Wildman–Crippen LogP) is 3.97. The minimum atomic E-state index is -0.0684. The van der Waals surface area contributed by atoms with E-state index in [-0.39, 0.29) is 29.9 Å². The van der Waals surface area contributed by atoms with Gasteiger partial charge in [0.2, 0.25) is 0 Å². The van der Waals surface area contributed by atoms with Gasteiger partial charge in [0.25, 0.3) is 5.91 Å². The Labute approximate surface area is 194 Å². The molecule has 29 heavy (non-hydrogen) atoms. The summed E-state index contributed by atoms with van der Waals surface area (Å²) in [7, 11) is 1.64. The molecule has 1 fully saturated rings. The molecule has 2 aromatic carbocycles. The highest BCUT2D eigenvalue weighted by molar-refractivity contribution is 14.0. The van der Waals surface area contributed by atoms with Crippen LogP contribution >= 0.6 is 35.6 Å². The van der Waals surface area contributed by atoms with Crippen LogP contribution in [0.2, 0.25) is 5.02 Å². The second kappa shape index (κ2) is 11.4. The average molecular weight is 527 g/mol. The second-order valence-electron chi connectivity index (χ2n) is 6.94. The zero-order valence-corrected chi connectivity index (χ0v) is 19.8. The van der Waals surface area contributed by atoms with Crippen molar-refractivity contribution in [1.29, 1.82) is 0 Å². The van der Waals surface area contributed by atoms with E-state index < -0.39 is 0 Å². The number of nitrogens with one attached hydrogen (secondary N) is 3. The summed E-state index contributed by atoms with van der Waals surface area (Å²) < 4.78 is 0. The molecule has 0 heterocycles. The highest BCUT2D eigenvalue weighted by Crippen LogP contribution is 2.41. The van der Waals surface area contributed by atoms with Crippen molar-refractivity contribution in [3.05, 3.63) is 70.2 Å². The summed E-state index contributed by atoms with van der Waals surface area (Å²) in [5, 5.41) is 10.3. The van der Waals surface area contributed by atoms with E-state index in [2.05, 4.69) is 28.9 Å². The summed E-state index contributed by atoms with van der Waals surface area (Å²) in [5.41, 5.74) is 3.05. The number of carbonyl (C=O) groups excluding carboxylic acids is 1. The van der Waals surface area contributed by atoms with Gasteiger partial charge in [-0.25, -0.2) is 0 Å². The number of nitrogens with zero attached hydrogens (tertiary/aromatic N) is 1. The fraction of sp³-hybridized carbons (Fsp3) is 0.364. The van der Waals surface area contributed by atoms with Gasteiger partial charge in [0.1, 0.15) is 0 Å². The molecule has 0 radical (unpaired) electrons. The highest BCUT2D eigenvalue weighted by atomic mass is 127. The Kier molecular flexibility index (Phi) is 9.23. The maximum Gasteiger partial charge on any atom is 0.251 e. The lowest BCUT2D eigenvalue weighted by Crippen LogP contribution is -2.39. The summed E-state index contributed by atoms with van der Waals surface area (Å²) >= 11 is 6.11. The first kappa shape index (κ1) is 23.5. The van der Waals surface area contributed by atoms with Crippen LogP contribution in [0.1, 0.15) is 40.7 Å². The molecule has 0 bridgehead atoms. The number of aliphatic imine (C=N–C) groups is 1. The van der Waals surface area contributed by atoms with Crippen LogP contribution in [0.3, 0.4) is 0 Å². The summed E-state index contributed by atoms with van der Waals surface area (Å²) in [4.78, 5) is 16.5. The van der Waals surface area contributed by atoms with E-state index >= 15 is 0 Å². The van der Waals surface area contributed by atoms with E-state index in [0.29, 0.717) is 24.1 Å². The molecule has 1 aliphatic rings. The van der Waals surface area contributed by atoms with Gasteiger partial charge in [-0.2, -0.15) is 0 Å². The Hall–Kier alpha value is -1.80. The summed E-state index contributed by atoms with van der Waals surface area (Å²) in [6, 6.07) is 16.1. The quantitative estimate of drug-likeness (QED) is 0.291. The number of amides is 1. The number of benzene rings is 2. The van der Waals surface area contributed by atoms with E-state index in [1.807, 2.05) is 42.5 Å². The molecular weight excluding hydrogens is 499 g/mol. The summed E-state index contributed by atoms with van der Waals surface area (Å²) in [6.07, 6.45) is 1.86. The largest absolute Gasteiger partial charge is 0.357 e. The number of rotatable bonds is 7. The van der Waals surface area contributed by atoms with Crippen LogP contribution < -0.4 is 16.0 Å². The van der Waals surface area contributed by atoms with E-state index in [4.69, 9.17) is 16.6 Å². The molecule has 7 heteroatoms. The van der Waals surface area contributed by atoms with Crippen molar-refractivity contribution in [2.45, 2.75) is 31.7 Å². The fourth-order valence-corrected chi connectivity index (χ4v) is 3.46. The number of hydrogen-bond acceptors (Lipinski definition) is 2. The molecule has 2 unspecified atom stereocenters. The van der Waals surface area contributed by atoms with Gasteiger partial charge in [0, 0.05) is 42.7 Å². The first-order valence-electron chi connectivity index (χ1n) is 9.72. The Bertz CT molecular complexity index is 858. The third kappa shape index (κ3) is 6.89. The van der Waals surface area contributed by atoms with Crippen LogP contribution in [0.5, 0.6) is 0 Å². The minimum Gasteiger partial charge on any atom is -0.357 e. The topological polar surface area (TPSA) is 65.5 Å². The Balaban J connectivity index is 0.00000300. The number of carbonyl (C=O) groups is 1. The number of hydrogen-bond donors (Lipinski definition) is 3. The van der Waals surface area contributed by atoms with Crippen molar-refractivity contribution < 1.29 is 4.79 Å². The summed E-state index contributed by atoms with van der Waals surface area (Å²) in [5.74, 6) is 1.24.